The summed E-state index contributed by atoms with van der Waals surface area (Å²) >= 11 is 0. The van der Waals surface area contributed by atoms with Gasteiger partial charge in [-0.05, 0) is 30.2 Å². The third kappa shape index (κ3) is 3.96. The Morgan fingerprint density at radius 3 is 2.97 bits per heavy atom. The molecule has 0 bridgehead atoms. The number of aliphatic hydroxyl groups is 1. The molecule has 9 nitrogen and oxygen atoms in total. The Morgan fingerprint density at radius 2 is 2.24 bits per heavy atom. The molecule has 4 rings (SSSR count). The zero-order valence-corrected chi connectivity index (χ0v) is 16.2. The molecule has 2 amide bonds. The van der Waals surface area contributed by atoms with E-state index in [0.29, 0.717) is 26.1 Å². The number of methoxy groups -OCH3 is 1. The van der Waals surface area contributed by atoms with Gasteiger partial charge in [0.2, 0.25) is 11.8 Å². The predicted octanol–water partition coefficient (Wildman–Crippen LogP) is -0.510. The average molecular weight is 399 g/mol. The molecule has 2 saturated heterocycles. The molecule has 2 aromatic rings. The number of rotatable bonds is 7. The fraction of sp³-hybridized carbons (Fsp3) is 0.450. The Bertz CT molecular complexity index is 885. The molecule has 0 aliphatic carbocycles. The van der Waals surface area contributed by atoms with E-state index >= 15 is 0 Å². The monoisotopic (exact) mass is 399 g/mol. The molecular weight excluding hydrogens is 374 g/mol. The maximum atomic E-state index is 12.4. The molecule has 3 heterocycles. The minimum atomic E-state index is -0.830. The normalized spacial score (nSPS) is 23.8. The third-order valence-electron chi connectivity index (χ3n) is 5.52. The highest BCUT2D eigenvalue weighted by Gasteiger charge is 2.45. The Balaban J connectivity index is 1.40. The first kappa shape index (κ1) is 19.4. The van der Waals surface area contributed by atoms with Crippen LogP contribution in [0.1, 0.15) is 17.5 Å². The van der Waals surface area contributed by atoms with Crippen molar-refractivity contribution in [3.05, 3.63) is 47.8 Å². The Kier molecular flexibility index (Phi) is 5.50. The number of hydrogen-bond donors (Lipinski definition) is 3. The van der Waals surface area contributed by atoms with Crippen LogP contribution in [-0.2, 0) is 22.7 Å². The maximum Gasteiger partial charge on any atom is 0.248 e. The van der Waals surface area contributed by atoms with Gasteiger partial charge in [0, 0.05) is 37.1 Å². The number of amides is 2. The van der Waals surface area contributed by atoms with Gasteiger partial charge in [-0.1, -0.05) is 6.07 Å². The fourth-order valence-electron chi connectivity index (χ4n) is 4.03. The minimum Gasteiger partial charge on any atom is -0.496 e. The van der Waals surface area contributed by atoms with E-state index in [1.165, 1.54) is 0 Å². The van der Waals surface area contributed by atoms with Crippen LogP contribution in [0.3, 0.4) is 0 Å². The summed E-state index contributed by atoms with van der Waals surface area (Å²) in [5.74, 6) is 0.394. The zero-order chi connectivity index (χ0) is 20.4. The van der Waals surface area contributed by atoms with Gasteiger partial charge in [-0.3, -0.25) is 14.3 Å². The molecule has 1 aromatic carbocycles. The maximum absolute atomic E-state index is 12.4. The molecule has 2 fully saturated rings. The smallest absolute Gasteiger partial charge is 0.248 e. The number of hydrogen-bond acceptors (Lipinski definition) is 6. The number of aliphatic hydroxyl groups excluding tert-OH is 1. The van der Waals surface area contributed by atoms with Gasteiger partial charge in [0.05, 0.1) is 20.3 Å². The number of carbonyl (C=O) groups excluding carboxylic acids is 2. The van der Waals surface area contributed by atoms with Crippen molar-refractivity contribution < 1.29 is 19.4 Å². The number of aromatic nitrogens is 2. The molecule has 29 heavy (non-hydrogen) atoms. The first-order chi connectivity index (χ1) is 14.1. The van der Waals surface area contributed by atoms with Crippen molar-refractivity contribution >= 4 is 11.8 Å². The van der Waals surface area contributed by atoms with Crippen LogP contribution in [0.4, 0.5) is 0 Å². The third-order valence-corrected chi connectivity index (χ3v) is 5.52. The lowest BCUT2D eigenvalue weighted by Crippen LogP contribution is -2.62. The first-order valence-corrected chi connectivity index (χ1v) is 9.67. The summed E-state index contributed by atoms with van der Waals surface area (Å²) in [7, 11) is 1.65. The quantitative estimate of drug-likeness (QED) is 0.579. The van der Waals surface area contributed by atoms with Gasteiger partial charge >= 0.3 is 0 Å². The topological polar surface area (TPSA) is 109 Å². The summed E-state index contributed by atoms with van der Waals surface area (Å²) in [6.07, 6.45) is 4.21. The van der Waals surface area contributed by atoms with Crippen molar-refractivity contribution in [1.82, 2.24) is 25.3 Å². The van der Waals surface area contributed by atoms with Gasteiger partial charge in [-0.2, -0.15) is 5.10 Å². The molecule has 2 aliphatic heterocycles. The molecule has 0 spiro atoms. The second-order valence-corrected chi connectivity index (χ2v) is 7.41. The number of ether oxygens (including phenoxy) is 1. The molecule has 0 saturated carbocycles. The molecular formula is C20H25N5O4. The molecule has 0 radical (unpaired) electrons. The van der Waals surface area contributed by atoms with Gasteiger partial charge in [0.15, 0.2) is 0 Å². The van der Waals surface area contributed by atoms with Crippen molar-refractivity contribution in [3.63, 3.8) is 0 Å². The number of benzene rings is 1. The van der Waals surface area contributed by atoms with Crippen LogP contribution >= 0.6 is 0 Å². The van der Waals surface area contributed by atoms with Gasteiger partial charge in [-0.25, -0.2) is 0 Å². The lowest BCUT2D eigenvalue weighted by atomic mass is 10.1. The fourth-order valence-corrected chi connectivity index (χ4v) is 4.03. The summed E-state index contributed by atoms with van der Waals surface area (Å²) in [6.45, 7) is 1.31. The van der Waals surface area contributed by atoms with Crippen molar-refractivity contribution in [2.45, 2.75) is 37.6 Å². The summed E-state index contributed by atoms with van der Waals surface area (Å²) in [5.41, 5.74) is 2.11. The molecule has 3 atom stereocenters. The zero-order valence-electron chi connectivity index (χ0n) is 16.2. The van der Waals surface area contributed by atoms with E-state index < -0.39 is 12.1 Å². The summed E-state index contributed by atoms with van der Waals surface area (Å²) in [6, 6.07) is 6.62. The van der Waals surface area contributed by atoms with E-state index in [2.05, 4.69) is 21.8 Å². The highest BCUT2D eigenvalue weighted by atomic mass is 16.5. The summed E-state index contributed by atoms with van der Waals surface area (Å²) < 4.78 is 7.30. The predicted molar refractivity (Wildman–Crippen MR) is 104 cm³/mol. The van der Waals surface area contributed by atoms with Crippen molar-refractivity contribution in [3.8, 4) is 5.75 Å². The summed E-state index contributed by atoms with van der Waals surface area (Å²) in [5, 5.41) is 19.6. The minimum absolute atomic E-state index is 0.0174. The van der Waals surface area contributed by atoms with Crippen LogP contribution in [0.15, 0.2) is 36.7 Å². The van der Waals surface area contributed by atoms with Gasteiger partial charge in [0.25, 0.3) is 0 Å². The van der Waals surface area contributed by atoms with Gasteiger partial charge in [0.1, 0.15) is 17.8 Å². The van der Waals surface area contributed by atoms with Crippen molar-refractivity contribution in [2.24, 2.45) is 0 Å². The van der Waals surface area contributed by atoms with Crippen LogP contribution in [0.2, 0.25) is 0 Å². The van der Waals surface area contributed by atoms with Crippen LogP contribution in [0.25, 0.3) is 0 Å². The second kappa shape index (κ2) is 8.22. The number of nitrogens with one attached hydrogen (secondary N) is 2. The van der Waals surface area contributed by atoms with Crippen molar-refractivity contribution in [1.29, 1.82) is 0 Å². The molecule has 3 N–H and O–H groups in total. The van der Waals surface area contributed by atoms with Gasteiger partial charge < -0.3 is 25.4 Å². The second-order valence-electron chi connectivity index (χ2n) is 7.41. The SMILES string of the molecule is COc1ccc(CN[C@H]2C[C@H]3C(=O)N[C@@H](CO)C(=O)N3C2)cc1Cn1cccn1. The largest absolute Gasteiger partial charge is 0.496 e. The average Bonchev–Trinajstić information content (AvgIpc) is 3.39. The number of fused-ring (bicyclic) bond motifs is 1. The Hall–Kier alpha value is -2.91. The molecule has 1 aromatic heterocycles. The van der Waals surface area contributed by atoms with Gasteiger partial charge in [-0.15, -0.1) is 0 Å². The highest BCUT2D eigenvalue weighted by Crippen LogP contribution is 2.24. The van der Waals surface area contributed by atoms with E-state index in [1.807, 2.05) is 29.1 Å². The lowest BCUT2D eigenvalue weighted by molar-refractivity contribution is -0.148. The standard InChI is InChI=1S/C20H25N5O4/c1-29-18-4-3-13(7-14(18)10-24-6-2-5-22-24)9-21-15-8-17-19(27)23-16(12-26)20(28)25(17)11-15/h2-7,15-17,21,26H,8-12H2,1H3,(H,23,27)/t15-,16-,17-/m0/s1. The summed E-state index contributed by atoms with van der Waals surface area (Å²) in [4.78, 5) is 26.2. The van der Waals surface area contributed by atoms with E-state index in [4.69, 9.17) is 4.74 Å². The molecule has 2 aliphatic rings. The van der Waals surface area contributed by atoms with Crippen LogP contribution in [-0.4, -0.2) is 70.0 Å². The van der Waals surface area contributed by atoms with E-state index in [1.54, 1.807) is 18.2 Å². The van der Waals surface area contributed by atoms with Crippen molar-refractivity contribution in [2.75, 3.05) is 20.3 Å². The highest BCUT2D eigenvalue weighted by molar-refractivity contribution is 5.97. The lowest BCUT2D eigenvalue weighted by Gasteiger charge is -2.33. The Morgan fingerprint density at radius 1 is 1.38 bits per heavy atom. The molecule has 154 valence electrons. The first-order valence-electron chi connectivity index (χ1n) is 9.67. The van der Waals surface area contributed by atoms with E-state index in [-0.39, 0.29) is 24.5 Å². The van der Waals surface area contributed by atoms with Crippen LogP contribution in [0.5, 0.6) is 5.75 Å². The van der Waals surface area contributed by atoms with Crippen LogP contribution in [0, 0.1) is 0 Å². The number of nitrogens with zero attached hydrogens (tertiary/aromatic N) is 3. The van der Waals surface area contributed by atoms with E-state index in [0.717, 1.165) is 16.9 Å². The Labute approximate surface area is 168 Å². The molecule has 0 unspecified atom stereocenters. The number of piperazine rings is 1. The van der Waals surface area contributed by atoms with Crippen LogP contribution < -0.4 is 15.4 Å². The van der Waals surface area contributed by atoms with E-state index in [9.17, 15) is 14.7 Å². The number of carbonyl (C=O) groups is 2. The molecule has 9 heteroatoms.